The van der Waals surface area contributed by atoms with Gasteiger partial charge in [-0.2, -0.15) is 0 Å². The second-order valence-electron chi connectivity index (χ2n) is 6.54. The number of carbonyl (C=O) groups excluding carboxylic acids is 2. The lowest BCUT2D eigenvalue weighted by Gasteiger charge is -2.37. The predicted molar refractivity (Wildman–Crippen MR) is 90.1 cm³/mol. The van der Waals surface area contributed by atoms with Crippen LogP contribution in [-0.4, -0.2) is 56.2 Å². The van der Waals surface area contributed by atoms with Crippen LogP contribution in [0.1, 0.15) is 19.8 Å². The van der Waals surface area contributed by atoms with Crippen LogP contribution in [0, 0.1) is 5.92 Å². The van der Waals surface area contributed by atoms with Crippen LogP contribution in [-0.2, 0) is 14.3 Å². The zero-order chi connectivity index (χ0) is 17.1. The quantitative estimate of drug-likeness (QED) is 0.788. The van der Waals surface area contributed by atoms with E-state index in [0.29, 0.717) is 18.2 Å². The average molecular weight is 332 g/mol. The van der Waals surface area contributed by atoms with Crippen LogP contribution in [0.4, 0.5) is 5.69 Å². The first-order valence-electron chi connectivity index (χ1n) is 8.44. The Morgan fingerprint density at radius 3 is 2.67 bits per heavy atom. The van der Waals surface area contributed by atoms with Crippen molar-refractivity contribution < 1.29 is 19.1 Å². The molecule has 24 heavy (non-hydrogen) atoms. The van der Waals surface area contributed by atoms with Gasteiger partial charge >= 0.3 is 5.97 Å². The van der Waals surface area contributed by atoms with Gasteiger partial charge in [-0.1, -0.05) is 19.1 Å². The number of methoxy groups -OCH3 is 1. The minimum absolute atomic E-state index is 0.0993. The van der Waals surface area contributed by atoms with Gasteiger partial charge in [0.2, 0.25) is 12.0 Å². The van der Waals surface area contributed by atoms with Crippen LogP contribution in [0.25, 0.3) is 0 Å². The molecule has 1 unspecified atom stereocenters. The first kappa shape index (κ1) is 16.6. The minimum Gasteiger partial charge on any atom is -0.475 e. The van der Waals surface area contributed by atoms with Crippen molar-refractivity contribution in [2.75, 3.05) is 38.2 Å². The van der Waals surface area contributed by atoms with Crippen molar-refractivity contribution >= 4 is 17.6 Å². The van der Waals surface area contributed by atoms with Crippen molar-refractivity contribution in [2.24, 2.45) is 5.92 Å². The molecule has 0 saturated carbocycles. The molecule has 0 aromatic heterocycles. The van der Waals surface area contributed by atoms with Crippen LogP contribution in [0.2, 0.25) is 0 Å². The van der Waals surface area contributed by atoms with Crippen LogP contribution in [0.5, 0.6) is 5.75 Å². The van der Waals surface area contributed by atoms with E-state index in [0.717, 1.165) is 31.6 Å². The number of likely N-dealkylation sites (tertiary alicyclic amines) is 1. The van der Waals surface area contributed by atoms with Crippen molar-refractivity contribution in [3.63, 3.8) is 0 Å². The van der Waals surface area contributed by atoms with E-state index in [9.17, 15) is 9.59 Å². The third-order valence-electron chi connectivity index (χ3n) is 4.79. The van der Waals surface area contributed by atoms with Gasteiger partial charge in [-0.3, -0.25) is 4.79 Å². The van der Waals surface area contributed by atoms with Gasteiger partial charge in [0.1, 0.15) is 5.75 Å². The third kappa shape index (κ3) is 3.47. The monoisotopic (exact) mass is 332 g/mol. The number of ether oxygens (including phenoxy) is 2. The summed E-state index contributed by atoms with van der Waals surface area (Å²) < 4.78 is 10.5. The molecule has 6 heteroatoms. The number of piperidine rings is 1. The molecular formula is C18H24N2O4. The maximum absolute atomic E-state index is 12.7. The molecule has 2 aliphatic rings. The molecule has 6 nitrogen and oxygen atoms in total. The van der Waals surface area contributed by atoms with Gasteiger partial charge < -0.3 is 19.3 Å². The van der Waals surface area contributed by atoms with Gasteiger partial charge in [-0.05, 0) is 30.9 Å². The van der Waals surface area contributed by atoms with Gasteiger partial charge in [0.25, 0.3) is 0 Å². The Kier molecular flexibility index (Phi) is 4.92. The molecule has 3 rings (SSSR count). The summed E-state index contributed by atoms with van der Waals surface area (Å²) in [6.45, 7) is 4.42. The number of amides is 1. The van der Waals surface area contributed by atoms with E-state index in [1.807, 2.05) is 34.1 Å². The highest BCUT2D eigenvalue weighted by Gasteiger charge is 2.33. The maximum atomic E-state index is 12.7. The Bertz CT molecular complexity index is 611. The van der Waals surface area contributed by atoms with Gasteiger partial charge in [-0.15, -0.1) is 0 Å². The molecule has 1 aromatic carbocycles. The number of benzene rings is 1. The lowest BCUT2D eigenvalue weighted by Crippen LogP contribution is -2.50. The van der Waals surface area contributed by atoms with E-state index < -0.39 is 12.1 Å². The molecule has 130 valence electrons. The fraction of sp³-hybridized carbons (Fsp3) is 0.556. The molecular weight excluding hydrogens is 308 g/mol. The highest BCUT2D eigenvalue weighted by molar-refractivity contribution is 5.84. The highest BCUT2D eigenvalue weighted by atomic mass is 16.6. The number of para-hydroxylation sites is 2. The SMILES string of the molecule is COC(=O)C1CN(CC(=O)N2CCC(C)CC2)c2ccccc2O1. The summed E-state index contributed by atoms with van der Waals surface area (Å²) >= 11 is 0. The molecule has 0 bridgehead atoms. The van der Waals surface area contributed by atoms with Crippen molar-refractivity contribution in [3.05, 3.63) is 24.3 Å². The average Bonchev–Trinajstić information content (AvgIpc) is 2.61. The molecule has 0 radical (unpaired) electrons. The molecule has 1 amide bonds. The summed E-state index contributed by atoms with van der Waals surface area (Å²) in [6, 6.07) is 7.48. The van der Waals surface area contributed by atoms with Crippen LogP contribution >= 0.6 is 0 Å². The first-order valence-corrected chi connectivity index (χ1v) is 8.44. The van der Waals surface area contributed by atoms with Crippen molar-refractivity contribution in [3.8, 4) is 5.75 Å². The zero-order valence-electron chi connectivity index (χ0n) is 14.2. The third-order valence-corrected chi connectivity index (χ3v) is 4.79. The van der Waals surface area contributed by atoms with E-state index in [1.54, 1.807) is 0 Å². The maximum Gasteiger partial charge on any atom is 0.348 e. The normalized spacial score (nSPS) is 21.0. The van der Waals surface area contributed by atoms with Gasteiger partial charge in [-0.25, -0.2) is 4.79 Å². The predicted octanol–water partition coefficient (Wildman–Crippen LogP) is 1.69. The Labute approximate surface area is 142 Å². The topological polar surface area (TPSA) is 59.1 Å². The van der Waals surface area contributed by atoms with Gasteiger partial charge in [0.05, 0.1) is 25.9 Å². The molecule has 0 N–H and O–H groups in total. The number of esters is 1. The summed E-state index contributed by atoms with van der Waals surface area (Å²) in [5, 5.41) is 0. The zero-order valence-corrected chi connectivity index (χ0v) is 14.2. The Balaban J connectivity index is 1.73. The van der Waals surface area contributed by atoms with Gasteiger partial charge in [0, 0.05) is 13.1 Å². The standard InChI is InChI=1S/C18H24N2O4/c1-13-7-9-19(10-8-13)17(21)12-20-11-16(18(22)23-2)24-15-6-4-3-5-14(15)20/h3-6,13,16H,7-12H2,1-2H3. The molecule has 0 aliphatic carbocycles. The van der Waals surface area contributed by atoms with Crippen molar-refractivity contribution in [2.45, 2.75) is 25.9 Å². The van der Waals surface area contributed by atoms with Crippen molar-refractivity contribution in [1.29, 1.82) is 0 Å². The summed E-state index contributed by atoms with van der Waals surface area (Å²) in [4.78, 5) is 28.4. The lowest BCUT2D eigenvalue weighted by atomic mass is 9.99. The Morgan fingerprint density at radius 1 is 1.25 bits per heavy atom. The number of hydrogen-bond acceptors (Lipinski definition) is 5. The number of fused-ring (bicyclic) bond motifs is 1. The van der Waals surface area contributed by atoms with Gasteiger partial charge in [0.15, 0.2) is 0 Å². The number of nitrogens with zero attached hydrogens (tertiary/aromatic N) is 2. The van der Waals surface area contributed by atoms with Crippen LogP contribution < -0.4 is 9.64 Å². The van der Waals surface area contributed by atoms with Crippen molar-refractivity contribution in [1.82, 2.24) is 4.90 Å². The summed E-state index contributed by atoms with van der Waals surface area (Å²) in [5.74, 6) is 0.969. The number of carbonyl (C=O) groups is 2. The second-order valence-corrected chi connectivity index (χ2v) is 6.54. The summed E-state index contributed by atoms with van der Waals surface area (Å²) in [6.07, 6.45) is 1.39. The fourth-order valence-corrected chi connectivity index (χ4v) is 3.23. The van der Waals surface area contributed by atoms with Crippen LogP contribution in [0.15, 0.2) is 24.3 Å². The molecule has 2 heterocycles. The summed E-state index contributed by atoms with van der Waals surface area (Å²) in [5.41, 5.74) is 0.844. The second kappa shape index (κ2) is 7.11. The fourth-order valence-electron chi connectivity index (χ4n) is 3.23. The molecule has 1 fully saturated rings. The van der Waals surface area contributed by atoms with E-state index in [-0.39, 0.29) is 12.5 Å². The Morgan fingerprint density at radius 2 is 1.96 bits per heavy atom. The highest BCUT2D eigenvalue weighted by Crippen LogP contribution is 2.33. The first-order chi connectivity index (χ1) is 11.6. The molecule has 1 saturated heterocycles. The number of anilines is 1. The number of rotatable bonds is 3. The smallest absolute Gasteiger partial charge is 0.348 e. The largest absolute Gasteiger partial charge is 0.475 e. The molecule has 1 atom stereocenters. The van der Waals surface area contributed by atoms with E-state index >= 15 is 0 Å². The summed E-state index contributed by atoms with van der Waals surface area (Å²) in [7, 11) is 1.34. The van der Waals surface area contributed by atoms with Crippen LogP contribution in [0.3, 0.4) is 0 Å². The van der Waals surface area contributed by atoms with E-state index in [4.69, 9.17) is 9.47 Å². The lowest BCUT2D eigenvalue weighted by molar-refractivity contribution is -0.148. The van der Waals surface area contributed by atoms with E-state index in [2.05, 4.69) is 6.92 Å². The number of hydrogen-bond donors (Lipinski definition) is 0. The minimum atomic E-state index is -0.709. The Hall–Kier alpha value is -2.24. The molecule has 0 spiro atoms. The molecule has 1 aromatic rings. The van der Waals surface area contributed by atoms with E-state index in [1.165, 1.54) is 7.11 Å². The molecule has 2 aliphatic heterocycles.